The van der Waals surface area contributed by atoms with Gasteiger partial charge in [-0.25, -0.2) is 4.98 Å². The van der Waals surface area contributed by atoms with Gasteiger partial charge in [-0.2, -0.15) is 0 Å². The van der Waals surface area contributed by atoms with Crippen molar-refractivity contribution in [1.82, 2.24) is 9.88 Å². The molecule has 1 fully saturated rings. The van der Waals surface area contributed by atoms with Gasteiger partial charge in [-0.1, -0.05) is 6.07 Å². The third kappa shape index (κ3) is 4.48. The van der Waals surface area contributed by atoms with Gasteiger partial charge in [0, 0.05) is 32.9 Å². The third-order valence-corrected chi connectivity index (χ3v) is 3.59. The van der Waals surface area contributed by atoms with Crippen molar-refractivity contribution >= 4 is 5.82 Å². The molecule has 0 bridgehead atoms. The summed E-state index contributed by atoms with van der Waals surface area (Å²) in [5.41, 5.74) is 1.29. The van der Waals surface area contributed by atoms with Crippen LogP contribution in [0.3, 0.4) is 0 Å². The number of aromatic nitrogens is 1. The number of methoxy groups -OCH3 is 1. The maximum Gasteiger partial charge on any atom is 0.125 e. The van der Waals surface area contributed by atoms with Crippen LogP contribution in [-0.4, -0.2) is 43.2 Å². The van der Waals surface area contributed by atoms with Crippen molar-refractivity contribution in [2.45, 2.75) is 26.3 Å². The summed E-state index contributed by atoms with van der Waals surface area (Å²) in [6.45, 7) is 7.21. The lowest BCUT2D eigenvalue weighted by molar-refractivity contribution is 0.0873. The van der Waals surface area contributed by atoms with E-state index in [-0.39, 0.29) is 0 Å². The normalized spacial score (nSPS) is 20.4. The molecule has 1 atom stereocenters. The minimum Gasteiger partial charge on any atom is -0.384 e. The quantitative estimate of drug-likeness (QED) is 0.855. The Bertz CT molecular complexity index is 364. The Morgan fingerprint density at radius 1 is 1.47 bits per heavy atom. The molecule has 1 N–H and O–H groups in total. The SMILES string of the molecule is CCNc1ccc(CN2CCCC(COC)C2)cn1. The molecule has 4 nitrogen and oxygen atoms in total. The number of piperidine rings is 1. The molecule has 0 aromatic carbocycles. The highest BCUT2D eigenvalue weighted by molar-refractivity contribution is 5.35. The lowest BCUT2D eigenvalue weighted by atomic mass is 9.98. The van der Waals surface area contributed by atoms with Gasteiger partial charge >= 0.3 is 0 Å². The van der Waals surface area contributed by atoms with E-state index in [1.54, 1.807) is 7.11 Å². The van der Waals surface area contributed by atoms with Crippen LogP contribution in [0, 0.1) is 5.92 Å². The van der Waals surface area contributed by atoms with E-state index >= 15 is 0 Å². The van der Waals surface area contributed by atoms with E-state index < -0.39 is 0 Å². The fourth-order valence-corrected chi connectivity index (χ4v) is 2.73. The average molecular weight is 263 g/mol. The molecule has 0 amide bonds. The summed E-state index contributed by atoms with van der Waals surface area (Å²) >= 11 is 0. The molecule has 1 aromatic rings. The standard InChI is InChI=1S/C15H25N3O/c1-3-16-15-7-6-13(9-17-15)10-18-8-4-5-14(11-18)12-19-2/h6-7,9,14H,3-5,8,10-12H2,1-2H3,(H,16,17). The van der Waals surface area contributed by atoms with Crippen molar-refractivity contribution < 1.29 is 4.74 Å². The van der Waals surface area contributed by atoms with Crippen molar-refractivity contribution in [3.8, 4) is 0 Å². The second kappa shape index (κ2) is 7.46. The fourth-order valence-electron chi connectivity index (χ4n) is 2.73. The van der Waals surface area contributed by atoms with Crippen LogP contribution in [0.1, 0.15) is 25.3 Å². The Morgan fingerprint density at radius 3 is 3.05 bits per heavy atom. The molecule has 0 aliphatic carbocycles. The molecule has 4 heteroatoms. The van der Waals surface area contributed by atoms with Crippen LogP contribution in [0.5, 0.6) is 0 Å². The van der Waals surface area contributed by atoms with Gasteiger partial charge in [0.05, 0.1) is 6.61 Å². The zero-order chi connectivity index (χ0) is 13.5. The largest absolute Gasteiger partial charge is 0.384 e. The lowest BCUT2D eigenvalue weighted by Crippen LogP contribution is -2.36. The summed E-state index contributed by atoms with van der Waals surface area (Å²) in [7, 11) is 1.79. The Kier molecular flexibility index (Phi) is 5.61. The molecule has 0 saturated carbocycles. The van der Waals surface area contributed by atoms with Crippen LogP contribution in [0.25, 0.3) is 0 Å². The second-order valence-corrected chi connectivity index (χ2v) is 5.28. The van der Waals surface area contributed by atoms with Gasteiger partial charge in [0.1, 0.15) is 5.82 Å². The molecule has 1 aliphatic rings. The lowest BCUT2D eigenvalue weighted by Gasteiger charge is -2.32. The van der Waals surface area contributed by atoms with E-state index in [2.05, 4.69) is 34.3 Å². The highest BCUT2D eigenvalue weighted by Crippen LogP contribution is 2.18. The van der Waals surface area contributed by atoms with Gasteiger partial charge in [-0.15, -0.1) is 0 Å². The molecule has 106 valence electrons. The monoisotopic (exact) mass is 263 g/mol. The van der Waals surface area contributed by atoms with Crippen molar-refractivity contribution in [2.24, 2.45) is 5.92 Å². The van der Waals surface area contributed by atoms with Crippen LogP contribution in [0.15, 0.2) is 18.3 Å². The molecule has 1 aromatic heterocycles. The van der Waals surface area contributed by atoms with Gasteiger partial charge in [-0.3, -0.25) is 4.90 Å². The number of ether oxygens (including phenoxy) is 1. The number of rotatable bonds is 6. The first-order chi connectivity index (χ1) is 9.31. The van der Waals surface area contributed by atoms with E-state index in [1.165, 1.54) is 24.9 Å². The number of pyridine rings is 1. The van der Waals surface area contributed by atoms with Gasteiger partial charge in [0.2, 0.25) is 0 Å². The molecule has 0 spiro atoms. The van der Waals surface area contributed by atoms with Crippen LogP contribution in [0.4, 0.5) is 5.82 Å². The van der Waals surface area contributed by atoms with Gasteiger partial charge in [0.15, 0.2) is 0 Å². The van der Waals surface area contributed by atoms with Crippen LogP contribution < -0.4 is 5.32 Å². The molecule has 2 rings (SSSR count). The molecule has 1 saturated heterocycles. The van der Waals surface area contributed by atoms with Crippen molar-refractivity contribution in [1.29, 1.82) is 0 Å². The number of anilines is 1. The summed E-state index contributed by atoms with van der Waals surface area (Å²) in [4.78, 5) is 6.94. The van der Waals surface area contributed by atoms with Crippen LogP contribution in [-0.2, 0) is 11.3 Å². The average Bonchev–Trinajstić information content (AvgIpc) is 2.42. The first-order valence-electron chi connectivity index (χ1n) is 7.22. The molecule has 2 heterocycles. The van der Waals surface area contributed by atoms with Crippen molar-refractivity contribution in [3.63, 3.8) is 0 Å². The van der Waals surface area contributed by atoms with Gasteiger partial charge < -0.3 is 10.1 Å². The van der Waals surface area contributed by atoms with E-state index in [4.69, 9.17) is 4.74 Å². The molecular formula is C15H25N3O. The summed E-state index contributed by atoms with van der Waals surface area (Å²) in [6, 6.07) is 4.24. The number of nitrogens with one attached hydrogen (secondary N) is 1. The minimum absolute atomic E-state index is 0.688. The molecule has 1 aliphatic heterocycles. The maximum atomic E-state index is 5.28. The van der Waals surface area contributed by atoms with Crippen LogP contribution >= 0.6 is 0 Å². The first-order valence-corrected chi connectivity index (χ1v) is 7.22. The predicted octanol–water partition coefficient (Wildman–Crippen LogP) is 2.37. The van der Waals surface area contributed by atoms with E-state index in [1.807, 2.05) is 6.20 Å². The number of hydrogen-bond donors (Lipinski definition) is 1. The number of hydrogen-bond acceptors (Lipinski definition) is 4. The fraction of sp³-hybridized carbons (Fsp3) is 0.667. The van der Waals surface area contributed by atoms with Crippen molar-refractivity contribution in [2.75, 3.05) is 38.7 Å². The zero-order valence-electron chi connectivity index (χ0n) is 12.1. The Morgan fingerprint density at radius 2 is 2.37 bits per heavy atom. The maximum absolute atomic E-state index is 5.28. The van der Waals surface area contributed by atoms with E-state index in [0.29, 0.717) is 5.92 Å². The smallest absolute Gasteiger partial charge is 0.125 e. The Labute approximate surface area is 116 Å². The van der Waals surface area contributed by atoms with Gasteiger partial charge in [-0.05, 0) is 43.9 Å². The summed E-state index contributed by atoms with van der Waals surface area (Å²) in [6.07, 6.45) is 4.55. The highest BCUT2D eigenvalue weighted by atomic mass is 16.5. The predicted molar refractivity (Wildman–Crippen MR) is 78.3 cm³/mol. The Hall–Kier alpha value is -1.13. The molecule has 0 radical (unpaired) electrons. The number of likely N-dealkylation sites (tertiary alicyclic amines) is 1. The van der Waals surface area contributed by atoms with Crippen molar-refractivity contribution in [3.05, 3.63) is 23.9 Å². The first kappa shape index (κ1) is 14.3. The third-order valence-electron chi connectivity index (χ3n) is 3.59. The van der Waals surface area contributed by atoms with E-state index in [0.717, 1.165) is 32.1 Å². The molecule has 1 unspecified atom stereocenters. The number of nitrogens with zero attached hydrogens (tertiary/aromatic N) is 2. The minimum atomic E-state index is 0.688. The van der Waals surface area contributed by atoms with Crippen LogP contribution in [0.2, 0.25) is 0 Å². The molecular weight excluding hydrogens is 238 g/mol. The summed E-state index contributed by atoms with van der Waals surface area (Å²) in [5.74, 6) is 1.65. The van der Waals surface area contributed by atoms with E-state index in [9.17, 15) is 0 Å². The van der Waals surface area contributed by atoms with Gasteiger partial charge in [0.25, 0.3) is 0 Å². The summed E-state index contributed by atoms with van der Waals surface area (Å²) < 4.78 is 5.28. The topological polar surface area (TPSA) is 37.4 Å². The summed E-state index contributed by atoms with van der Waals surface area (Å²) in [5, 5.41) is 3.22. The highest BCUT2D eigenvalue weighted by Gasteiger charge is 2.19. The Balaban J connectivity index is 1.85. The zero-order valence-corrected chi connectivity index (χ0v) is 12.1. The second-order valence-electron chi connectivity index (χ2n) is 5.28. The molecule has 19 heavy (non-hydrogen) atoms.